The first-order valence-electron chi connectivity index (χ1n) is 8.43. The highest BCUT2D eigenvalue weighted by atomic mass is 16.2. The van der Waals surface area contributed by atoms with Crippen LogP contribution in [0.1, 0.15) is 11.1 Å². The fraction of sp³-hybridized carbons (Fsp3) is 0.0476. The Balaban J connectivity index is 1.76. The molecular formula is C21H15N3O2. The minimum atomic E-state index is -0.361. The second-order valence-corrected chi connectivity index (χ2v) is 6.33. The highest BCUT2D eigenvalue weighted by Gasteiger charge is 2.37. The van der Waals surface area contributed by atoms with Gasteiger partial charge in [0.25, 0.3) is 11.8 Å². The van der Waals surface area contributed by atoms with Gasteiger partial charge in [-0.15, -0.1) is 0 Å². The molecule has 5 heteroatoms. The van der Waals surface area contributed by atoms with Crippen LogP contribution in [0.25, 0.3) is 22.6 Å². The summed E-state index contributed by atoms with van der Waals surface area (Å²) in [6.07, 6.45) is 5.83. The molecule has 0 bridgehead atoms. The van der Waals surface area contributed by atoms with Gasteiger partial charge in [0.15, 0.2) is 0 Å². The van der Waals surface area contributed by atoms with Crippen LogP contribution in [0.3, 0.4) is 0 Å². The van der Waals surface area contributed by atoms with Gasteiger partial charge in [-0.3, -0.25) is 14.9 Å². The number of hydrogen-bond donors (Lipinski definition) is 2. The average Bonchev–Trinajstić information content (AvgIpc) is 3.21. The maximum atomic E-state index is 12.7. The maximum absolute atomic E-state index is 12.7. The molecule has 0 fully saturated rings. The maximum Gasteiger partial charge on any atom is 0.275 e. The first kappa shape index (κ1) is 14.7. The first-order valence-corrected chi connectivity index (χ1v) is 8.43. The molecular weight excluding hydrogens is 326 g/mol. The molecule has 2 N–H and O–H groups in total. The molecule has 5 nitrogen and oxygen atoms in total. The van der Waals surface area contributed by atoms with Gasteiger partial charge in [-0.2, -0.15) is 0 Å². The predicted octanol–water partition coefficient (Wildman–Crippen LogP) is 3.07. The van der Waals surface area contributed by atoms with Crippen LogP contribution in [-0.4, -0.2) is 23.3 Å². The van der Waals surface area contributed by atoms with Crippen molar-refractivity contribution < 1.29 is 9.59 Å². The summed E-state index contributed by atoms with van der Waals surface area (Å²) < 4.78 is 0. The largest absolute Gasteiger partial charge is 0.361 e. The molecule has 3 aromatic rings. The van der Waals surface area contributed by atoms with Crippen molar-refractivity contribution in [2.45, 2.75) is 0 Å². The number of aromatic nitrogens is 1. The molecule has 0 unspecified atom stereocenters. The van der Waals surface area contributed by atoms with Gasteiger partial charge in [-0.05, 0) is 17.7 Å². The van der Waals surface area contributed by atoms with Crippen molar-refractivity contribution in [1.82, 2.24) is 10.3 Å². The van der Waals surface area contributed by atoms with E-state index in [2.05, 4.69) is 10.3 Å². The van der Waals surface area contributed by atoms with Crippen LogP contribution in [0, 0.1) is 0 Å². The van der Waals surface area contributed by atoms with Gasteiger partial charge in [-0.25, -0.2) is 0 Å². The Morgan fingerprint density at radius 3 is 2.65 bits per heavy atom. The average molecular weight is 341 g/mol. The Hall–Kier alpha value is -3.60. The molecule has 2 amide bonds. The molecule has 5 rings (SSSR count). The lowest BCUT2D eigenvalue weighted by Gasteiger charge is -2.28. The van der Waals surface area contributed by atoms with Crippen LogP contribution >= 0.6 is 0 Å². The van der Waals surface area contributed by atoms with E-state index in [1.54, 1.807) is 6.20 Å². The van der Waals surface area contributed by atoms with E-state index in [4.69, 9.17) is 0 Å². The van der Waals surface area contributed by atoms with Gasteiger partial charge in [0.1, 0.15) is 5.70 Å². The number of carbonyl (C=O) groups excluding carboxylic acids is 2. The zero-order valence-electron chi connectivity index (χ0n) is 13.8. The summed E-state index contributed by atoms with van der Waals surface area (Å²) >= 11 is 0. The molecule has 3 heterocycles. The van der Waals surface area contributed by atoms with Gasteiger partial charge in [0, 0.05) is 34.9 Å². The topological polar surface area (TPSA) is 65.2 Å². The molecule has 126 valence electrons. The summed E-state index contributed by atoms with van der Waals surface area (Å²) in [6.45, 7) is 0.541. The number of rotatable bonds is 2. The summed E-state index contributed by atoms with van der Waals surface area (Å²) in [7, 11) is 0. The normalized spacial score (nSPS) is 16.4. The highest BCUT2D eigenvalue weighted by molar-refractivity contribution is 6.38. The van der Waals surface area contributed by atoms with Gasteiger partial charge < -0.3 is 9.88 Å². The second-order valence-electron chi connectivity index (χ2n) is 6.33. The Morgan fingerprint density at radius 2 is 1.73 bits per heavy atom. The highest BCUT2D eigenvalue weighted by Crippen LogP contribution is 2.36. The zero-order valence-corrected chi connectivity index (χ0v) is 13.8. The summed E-state index contributed by atoms with van der Waals surface area (Å²) in [4.78, 5) is 30.4. The molecule has 2 aliphatic heterocycles. The third kappa shape index (κ3) is 2.04. The second kappa shape index (κ2) is 5.46. The minimum absolute atomic E-state index is 0.359. The van der Waals surface area contributed by atoms with Gasteiger partial charge in [-0.1, -0.05) is 48.6 Å². The van der Waals surface area contributed by atoms with Crippen LogP contribution < -0.4 is 10.2 Å². The number of carbonyl (C=O) groups is 2. The third-order valence-electron chi connectivity index (χ3n) is 4.85. The molecule has 0 aliphatic carbocycles. The van der Waals surface area contributed by atoms with Crippen LogP contribution in [0.5, 0.6) is 0 Å². The first-order chi connectivity index (χ1) is 12.7. The fourth-order valence-electron chi connectivity index (χ4n) is 3.70. The lowest BCUT2D eigenvalue weighted by atomic mass is 10.0. The van der Waals surface area contributed by atoms with Crippen molar-refractivity contribution in [3.05, 3.63) is 77.6 Å². The number of para-hydroxylation sites is 2. The number of aromatic amines is 1. The number of amides is 2. The van der Waals surface area contributed by atoms with Gasteiger partial charge in [0.2, 0.25) is 0 Å². The van der Waals surface area contributed by atoms with E-state index in [1.807, 2.05) is 65.6 Å². The summed E-state index contributed by atoms with van der Waals surface area (Å²) in [6, 6.07) is 15.6. The molecule has 1 aromatic heterocycles. The molecule has 0 saturated carbocycles. The molecule has 0 saturated heterocycles. The standard InChI is InChI=1S/C21H15N3O2/c25-20-18(15-12-22-16-9-3-2-8-14(15)16)19(21(26)23-20)24-11-5-7-13-6-1-4-10-17(13)24/h1-10,12,22H,11H2,(H,23,25,26). The molecule has 2 aromatic carbocycles. The van der Waals surface area contributed by atoms with E-state index in [0.717, 1.165) is 27.7 Å². The Morgan fingerprint density at radius 1 is 0.923 bits per heavy atom. The number of imide groups is 1. The summed E-state index contributed by atoms with van der Waals surface area (Å²) in [5.41, 5.74) is 4.43. The van der Waals surface area contributed by atoms with E-state index in [0.29, 0.717) is 17.8 Å². The monoisotopic (exact) mass is 341 g/mol. The van der Waals surface area contributed by atoms with E-state index in [9.17, 15) is 9.59 Å². The van der Waals surface area contributed by atoms with Gasteiger partial charge in [0.05, 0.1) is 5.57 Å². The SMILES string of the molecule is O=C1NC(=O)C(N2CC=Cc3ccccc32)=C1c1c[nH]c2ccccc12. The lowest BCUT2D eigenvalue weighted by Crippen LogP contribution is -2.32. The summed E-state index contributed by atoms with van der Waals surface area (Å²) in [5, 5.41) is 3.39. The molecule has 0 atom stereocenters. The number of nitrogens with zero attached hydrogens (tertiary/aromatic N) is 1. The van der Waals surface area contributed by atoms with E-state index >= 15 is 0 Å². The van der Waals surface area contributed by atoms with E-state index in [1.165, 1.54) is 0 Å². The van der Waals surface area contributed by atoms with Crippen LogP contribution in [0.4, 0.5) is 5.69 Å². The molecule has 0 radical (unpaired) electrons. The lowest BCUT2D eigenvalue weighted by molar-refractivity contribution is -0.123. The van der Waals surface area contributed by atoms with Crippen molar-refractivity contribution in [3.8, 4) is 0 Å². The van der Waals surface area contributed by atoms with Crippen molar-refractivity contribution in [1.29, 1.82) is 0 Å². The Kier molecular flexibility index (Phi) is 3.09. The quantitative estimate of drug-likeness (QED) is 0.704. The van der Waals surface area contributed by atoms with E-state index in [-0.39, 0.29) is 11.8 Å². The van der Waals surface area contributed by atoms with Crippen LogP contribution in [0.15, 0.2) is 66.5 Å². The van der Waals surface area contributed by atoms with Crippen LogP contribution in [0.2, 0.25) is 0 Å². The minimum Gasteiger partial charge on any atom is -0.361 e. The van der Waals surface area contributed by atoms with E-state index < -0.39 is 0 Å². The van der Waals surface area contributed by atoms with Crippen molar-refractivity contribution in [3.63, 3.8) is 0 Å². The molecule has 26 heavy (non-hydrogen) atoms. The predicted molar refractivity (Wildman–Crippen MR) is 101 cm³/mol. The fourth-order valence-corrected chi connectivity index (χ4v) is 3.70. The number of hydrogen-bond acceptors (Lipinski definition) is 3. The molecule has 0 spiro atoms. The number of H-pyrrole nitrogens is 1. The Labute approximate surface area is 149 Å². The molecule has 2 aliphatic rings. The zero-order chi connectivity index (χ0) is 17.7. The number of nitrogens with one attached hydrogen (secondary N) is 2. The number of fused-ring (bicyclic) bond motifs is 2. The van der Waals surface area contributed by atoms with Crippen molar-refractivity contribution in [2.24, 2.45) is 0 Å². The van der Waals surface area contributed by atoms with Gasteiger partial charge >= 0.3 is 0 Å². The number of anilines is 1. The van der Waals surface area contributed by atoms with Crippen LogP contribution in [-0.2, 0) is 9.59 Å². The summed E-state index contributed by atoms with van der Waals surface area (Å²) in [5.74, 6) is -0.720. The smallest absolute Gasteiger partial charge is 0.275 e. The van der Waals surface area contributed by atoms with Crippen molar-refractivity contribution >= 4 is 40.1 Å². The van der Waals surface area contributed by atoms with Crippen molar-refractivity contribution in [2.75, 3.05) is 11.4 Å². The third-order valence-corrected chi connectivity index (χ3v) is 4.85. The number of benzene rings is 2. The Bertz CT molecular complexity index is 1140.